The molecule has 0 unspecified atom stereocenters. The third-order valence-electron chi connectivity index (χ3n) is 3.29. The minimum Gasteiger partial charge on any atom is -0.298 e. The molecule has 0 aliphatic heterocycles. The maximum atomic E-state index is 12.9. The fourth-order valence-electron chi connectivity index (χ4n) is 2.40. The van der Waals surface area contributed by atoms with Gasteiger partial charge in [-0.1, -0.05) is 30.9 Å². The van der Waals surface area contributed by atoms with Crippen LogP contribution in [-0.2, 0) is 10.0 Å². The molecule has 2 aromatic rings. The lowest BCUT2D eigenvalue weighted by Gasteiger charge is -2.10. The Bertz CT molecular complexity index is 899. The molecule has 0 saturated carbocycles. The first-order valence-electron chi connectivity index (χ1n) is 6.74. The van der Waals surface area contributed by atoms with Crippen LogP contribution in [0.3, 0.4) is 0 Å². The first kappa shape index (κ1) is 16.0. The van der Waals surface area contributed by atoms with E-state index in [-0.39, 0.29) is 4.91 Å². The Labute approximate surface area is 130 Å². The van der Waals surface area contributed by atoms with Crippen molar-refractivity contribution in [2.45, 2.75) is 13.8 Å². The maximum absolute atomic E-state index is 12.9. The van der Waals surface area contributed by atoms with Gasteiger partial charge in [-0.05, 0) is 38.1 Å². The average Bonchev–Trinajstić information content (AvgIpc) is 2.83. The van der Waals surface area contributed by atoms with Gasteiger partial charge >= 0.3 is 0 Å². The third-order valence-corrected chi connectivity index (χ3v) is 5.12. The van der Waals surface area contributed by atoms with Crippen LogP contribution < -0.4 is 0 Å². The van der Waals surface area contributed by atoms with Crippen LogP contribution in [0.25, 0.3) is 10.9 Å². The van der Waals surface area contributed by atoms with Crippen LogP contribution in [-0.4, -0.2) is 18.7 Å². The molecule has 4 nitrogen and oxygen atoms in total. The van der Waals surface area contributed by atoms with E-state index in [1.54, 1.807) is 44.2 Å². The largest absolute Gasteiger partial charge is 0.298 e. The Kier molecular flexibility index (Phi) is 4.47. The predicted molar refractivity (Wildman–Crippen MR) is 89.5 cm³/mol. The number of hydrogen-bond acceptors (Lipinski definition) is 3. The van der Waals surface area contributed by atoms with Crippen LogP contribution in [0, 0.1) is 6.92 Å². The van der Waals surface area contributed by atoms with Crippen molar-refractivity contribution >= 4 is 27.2 Å². The number of benzene rings is 1. The molecule has 1 heterocycles. The summed E-state index contributed by atoms with van der Waals surface area (Å²) in [5, 5.41) is 0.622. The van der Waals surface area contributed by atoms with Crippen LogP contribution in [0.2, 0.25) is 0 Å². The van der Waals surface area contributed by atoms with Gasteiger partial charge < -0.3 is 0 Å². The second-order valence-electron chi connectivity index (χ2n) is 4.76. The van der Waals surface area contributed by atoms with Gasteiger partial charge in [-0.25, -0.2) is 12.4 Å². The number of aromatic nitrogens is 1. The van der Waals surface area contributed by atoms with Crippen molar-refractivity contribution in [1.29, 1.82) is 0 Å². The van der Waals surface area contributed by atoms with Gasteiger partial charge in [-0.2, -0.15) is 0 Å². The lowest BCUT2D eigenvalue weighted by molar-refractivity contribution is 0.112. The van der Waals surface area contributed by atoms with Crippen molar-refractivity contribution in [1.82, 2.24) is 3.97 Å². The monoisotopic (exact) mass is 315 g/mol. The topological polar surface area (TPSA) is 56.1 Å². The first-order valence-corrected chi connectivity index (χ1v) is 8.18. The summed E-state index contributed by atoms with van der Waals surface area (Å²) in [6, 6.07) is 6.73. The second kappa shape index (κ2) is 6.15. The van der Waals surface area contributed by atoms with E-state index in [4.69, 9.17) is 0 Å². The summed E-state index contributed by atoms with van der Waals surface area (Å²) >= 11 is 0. The highest BCUT2D eigenvalue weighted by Crippen LogP contribution is 2.27. The minimum atomic E-state index is -3.76. The van der Waals surface area contributed by atoms with Gasteiger partial charge in [-0.15, -0.1) is 0 Å². The van der Waals surface area contributed by atoms with E-state index >= 15 is 0 Å². The Balaban J connectivity index is 2.84. The molecule has 1 aromatic carbocycles. The lowest BCUT2D eigenvalue weighted by Crippen LogP contribution is -2.15. The lowest BCUT2D eigenvalue weighted by atomic mass is 10.1. The molecule has 0 N–H and O–H groups in total. The van der Waals surface area contributed by atoms with Crippen molar-refractivity contribution in [2.75, 3.05) is 0 Å². The summed E-state index contributed by atoms with van der Waals surface area (Å²) in [6.45, 7) is 7.01. The van der Waals surface area contributed by atoms with Gasteiger partial charge in [0.05, 0.1) is 10.4 Å². The molecule has 0 bridgehead atoms. The molecule has 1 aromatic heterocycles. The standard InChI is InChI=1S/C17H17NO3S/c1-4-7-15(8-5-2)22(20,21)18-13(3)11-16-14(12-19)9-6-10-17(16)18/h4-12H,1H2,2-3H3/b8-5-,15-7+. The second-order valence-corrected chi connectivity index (χ2v) is 6.54. The predicted octanol–water partition coefficient (Wildman–Crippen LogP) is 3.59. The molecule has 2 rings (SSSR count). The molecule has 0 amide bonds. The van der Waals surface area contributed by atoms with E-state index in [1.807, 2.05) is 0 Å². The van der Waals surface area contributed by atoms with Crippen LogP contribution in [0.15, 0.2) is 60.1 Å². The molecular weight excluding hydrogens is 298 g/mol. The van der Waals surface area contributed by atoms with Crippen molar-refractivity contribution in [3.8, 4) is 0 Å². The van der Waals surface area contributed by atoms with E-state index < -0.39 is 10.0 Å². The van der Waals surface area contributed by atoms with Crippen LogP contribution in [0.5, 0.6) is 0 Å². The molecule has 0 spiro atoms. The van der Waals surface area contributed by atoms with Gasteiger partial charge in [-0.3, -0.25) is 4.79 Å². The van der Waals surface area contributed by atoms with Crippen LogP contribution in [0.1, 0.15) is 23.0 Å². The summed E-state index contributed by atoms with van der Waals surface area (Å²) in [4.78, 5) is 11.3. The van der Waals surface area contributed by atoms with Crippen molar-refractivity contribution < 1.29 is 13.2 Å². The summed E-state index contributed by atoms with van der Waals surface area (Å²) in [7, 11) is -3.76. The Morgan fingerprint density at radius 2 is 2.05 bits per heavy atom. The van der Waals surface area contributed by atoms with Gasteiger partial charge in [0.2, 0.25) is 0 Å². The SMILES string of the molecule is C=C/C=C(\C=C/C)S(=O)(=O)n1c(C)cc2c(C=O)cccc21. The van der Waals surface area contributed by atoms with Crippen LogP contribution in [0.4, 0.5) is 0 Å². The zero-order valence-corrected chi connectivity index (χ0v) is 13.3. The summed E-state index contributed by atoms with van der Waals surface area (Å²) in [6.07, 6.45) is 6.79. The van der Waals surface area contributed by atoms with E-state index in [2.05, 4.69) is 6.58 Å². The van der Waals surface area contributed by atoms with Gasteiger partial charge in [0, 0.05) is 16.6 Å². The highest BCUT2D eigenvalue weighted by Gasteiger charge is 2.22. The van der Waals surface area contributed by atoms with E-state index in [9.17, 15) is 13.2 Å². The Morgan fingerprint density at radius 3 is 2.64 bits per heavy atom. The third kappa shape index (κ3) is 2.55. The molecule has 0 fully saturated rings. The molecule has 0 aliphatic rings. The number of allylic oxidation sites excluding steroid dienone is 4. The fourth-order valence-corrected chi connectivity index (χ4v) is 4.03. The number of nitrogens with zero attached hydrogens (tertiary/aromatic N) is 1. The van der Waals surface area contributed by atoms with Gasteiger partial charge in [0.15, 0.2) is 6.29 Å². The number of rotatable bonds is 5. The van der Waals surface area contributed by atoms with Crippen molar-refractivity contribution in [3.63, 3.8) is 0 Å². The number of fused-ring (bicyclic) bond motifs is 1. The van der Waals surface area contributed by atoms with Gasteiger partial charge in [0.25, 0.3) is 10.0 Å². The number of carbonyl (C=O) groups is 1. The van der Waals surface area contributed by atoms with E-state index in [1.165, 1.54) is 22.2 Å². The van der Waals surface area contributed by atoms with E-state index in [0.29, 0.717) is 22.2 Å². The molecule has 0 atom stereocenters. The van der Waals surface area contributed by atoms with Crippen LogP contribution >= 0.6 is 0 Å². The molecular formula is C17H17NO3S. The number of aldehydes is 1. The average molecular weight is 315 g/mol. The normalized spacial score (nSPS) is 12.9. The first-order chi connectivity index (χ1) is 10.5. The quantitative estimate of drug-likeness (QED) is 0.626. The molecule has 5 heteroatoms. The molecule has 0 aliphatic carbocycles. The fraction of sp³-hybridized carbons (Fsp3) is 0.118. The summed E-state index contributed by atoms with van der Waals surface area (Å²) in [5.41, 5.74) is 1.50. The maximum Gasteiger partial charge on any atom is 0.268 e. The Morgan fingerprint density at radius 1 is 1.32 bits per heavy atom. The molecule has 114 valence electrons. The summed E-state index contributed by atoms with van der Waals surface area (Å²) < 4.78 is 27.1. The zero-order chi connectivity index (χ0) is 16.3. The highest BCUT2D eigenvalue weighted by atomic mass is 32.2. The molecule has 22 heavy (non-hydrogen) atoms. The van der Waals surface area contributed by atoms with Crippen molar-refractivity contribution in [3.05, 3.63) is 71.3 Å². The number of carbonyl (C=O) groups excluding carboxylic acids is 1. The Hall–Kier alpha value is -2.40. The zero-order valence-electron chi connectivity index (χ0n) is 12.5. The minimum absolute atomic E-state index is 0.141. The number of hydrogen-bond donors (Lipinski definition) is 0. The van der Waals surface area contributed by atoms with E-state index in [0.717, 1.165) is 6.29 Å². The summed E-state index contributed by atoms with van der Waals surface area (Å²) in [5.74, 6) is 0. The molecule has 0 radical (unpaired) electrons. The molecule has 0 saturated heterocycles. The smallest absolute Gasteiger partial charge is 0.268 e. The number of aryl methyl sites for hydroxylation is 1. The van der Waals surface area contributed by atoms with Gasteiger partial charge in [0.1, 0.15) is 0 Å². The van der Waals surface area contributed by atoms with Crippen molar-refractivity contribution in [2.24, 2.45) is 0 Å². The highest BCUT2D eigenvalue weighted by molar-refractivity contribution is 7.94.